The largest absolute Gasteiger partial charge is 0.385 e. The van der Waals surface area contributed by atoms with Crippen molar-refractivity contribution in [2.24, 2.45) is 0 Å². The molecule has 1 aliphatic carbocycles. The Morgan fingerprint density at radius 3 is 2.88 bits per heavy atom. The van der Waals surface area contributed by atoms with Gasteiger partial charge in [0.1, 0.15) is 13.7 Å². The zero-order valence-corrected chi connectivity index (χ0v) is 13.6. The lowest BCUT2D eigenvalue weighted by molar-refractivity contribution is 0.287. The minimum atomic E-state index is 0.00192. The van der Waals surface area contributed by atoms with E-state index >= 15 is 0 Å². The summed E-state index contributed by atoms with van der Waals surface area (Å²) in [6.45, 7) is 1.08. The summed E-state index contributed by atoms with van der Waals surface area (Å²) in [6, 6.07) is 8.81. The van der Waals surface area contributed by atoms with Crippen LogP contribution in [0.2, 0.25) is 0 Å². The molecule has 0 spiro atoms. The number of nitrogens with zero attached hydrogens (tertiary/aromatic N) is 2. The minimum Gasteiger partial charge on any atom is -0.385 e. The quantitative estimate of drug-likeness (QED) is 0.715. The highest BCUT2D eigenvalue weighted by Crippen LogP contribution is 2.48. The molecule has 1 saturated carbocycles. The molecule has 1 fully saturated rings. The average molecular weight is 314 g/mol. The highest BCUT2D eigenvalue weighted by Gasteiger charge is 2.43. The molecule has 5 heteroatoms. The van der Waals surface area contributed by atoms with E-state index < -0.39 is 0 Å². The van der Waals surface area contributed by atoms with Gasteiger partial charge in [-0.25, -0.2) is 9.97 Å². The Hall–Kier alpha value is -2.30. The van der Waals surface area contributed by atoms with Gasteiger partial charge >= 0.3 is 0 Å². The molecule has 0 atom stereocenters. The number of aromatic nitrogens is 3. The van der Waals surface area contributed by atoms with Gasteiger partial charge in [-0.05, 0) is 48.9 Å². The first-order valence-electron chi connectivity index (χ1n) is 8.74. The van der Waals surface area contributed by atoms with Gasteiger partial charge in [-0.2, -0.15) is 0 Å². The predicted octanol–water partition coefficient (Wildman–Crippen LogP) is 2.58. The third kappa shape index (κ3) is 2.00. The molecule has 118 valence electrons. The van der Waals surface area contributed by atoms with Crippen LogP contribution in [0.5, 0.6) is 0 Å². The number of H-pyrrole nitrogens is 1. The van der Waals surface area contributed by atoms with Crippen LogP contribution in [0.3, 0.4) is 0 Å². The third-order valence-electron chi connectivity index (χ3n) is 5.62. The molecule has 2 aromatic heterocycles. The lowest BCUT2D eigenvalue weighted by Gasteiger charge is -2.41. The minimum absolute atomic E-state index is 0.00192. The molecule has 0 amide bonds. The van der Waals surface area contributed by atoms with Crippen LogP contribution in [0, 0.1) is 0 Å². The number of anilines is 1. The predicted molar refractivity (Wildman–Crippen MR) is 97.2 cm³/mol. The first kappa shape index (κ1) is 14.1. The van der Waals surface area contributed by atoms with Crippen LogP contribution < -0.4 is 10.8 Å². The number of benzene rings is 1. The molecule has 24 heavy (non-hydrogen) atoms. The van der Waals surface area contributed by atoms with E-state index in [9.17, 15) is 0 Å². The van der Waals surface area contributed by atoms with Crippen molar-refractivity contribution in [3.63, 3.8) is 0 Å². The summed E-state index contributed by atoms with van der Waals surface area (Å²) in [5.74, 6) is 1.03. The second-order valence-electron chi connectivity index (χ2n) is 7.06. The fourth-order valence-electron chi connectivity index (χ4n) is 4.11. The lowest BCUT2D eigenvalue weighted by atomic mass is 9.63. The fourth-order valence-corrected chi connectivity index (χ4v) is 4.11. The molecule has 0 unspecified atom stereocenters. The Balaban J connectivity index is 1.62. The Morgan fingerprint density at radius 1 is 1.12 bits per heavy atom. The number of fused-ring (bicyclic) bond motifs is 2. The van der Waals surface area contributed by atoms with Gasteiger partial charge in [0.15, 0.2) is 5.65 Å². The number of rotatable bonds is 2. The van der Waals surface area contributed by atoms with Crippen LogP contribution >= 0.6 is 0 Å². The highest BCUT2D eigenvalue weighted by molar-refractivity contribution is 6.32. The van der Waals surface area contributed by atoms with Crippen LogP contribution in [0.25, 0.3) is 11.2 Å². The standard InChI is InChI=1S/C19H19BN4/c20-14-10-16-17(22-11-14)24-18(23-16)19(6-2-7-19)13-4-5-15-12(9-13)3-1-8-21-15/h4-5,9-11,21H,1-3,6-8H2,(H,22,23,24). The van der Waals surface area contributed by atoms with Crippen LogP contribution in [0.4, 0.5) is 5.69 Å². The van der Waals surface area contributed by atoms with Gasteiger partial charge in [-0.3, -0.25) is 0 Å². The van der Waals surface area contributed by atoms with Crippen molar-refractivity contribution in [1.29, 1.82) is 0 Å². The van der Waals surface area contributed by atoms with E-state index in [1.54, 1.807) is 6.20 Å². The van der Waals surface area contributed by atoms with E-state index in [0.29, 0.717) is 5.46 Å². The molecule has 3 heterocycles. The second kappa shape index (κ2) is 5.10. The van der Waals surface area contributed by atoms with Crippen molar-refractivity contribution in [2.45, 2.75) is 37.5 Å². The molecular formula is C19H19BN4. The smallest absolute Gasteiger partial charge is 0.177 e. The maximum absolute atomic E-state index is 5.86. The van der Waals surface area contributed by atoms with Crippen molar-refractivity contribution in [3.05, 3.63) is 47.4 Å². The number of nitrogens with one attached hydrogen (secondary N) is 2. The molecule has 0 bridgehead atoms. The summed E-state index contributed by atoms with van der Waals surface area (Å²) in [5, 5.41) is 3.50. The number of hydrogen-bond donors (Lipinski definition) is 2. The average Bonchev–Trinajstić information content (AvgIpc) is 2.96. The van der Waals surface area contributed by atoms with E-state index in [0.717, 1.165) is 42.8 Å². The first-order chi connectivity index (χ1) is 11.7. The van der Waals surface area contributed by atoms with E-state index in [1.807, 2.05) is 6.07 Å². The van der Waals surface area contributed by atoms with Crippen molar-refractivity contribution in [1.82, 2.24) is 15.0 Å². The third-order valence-corrected chi connectivity index (χ3v) is 5.62. The second-order valence-corrected chi connectivity index (χ2v) is 7.06. The normalized spacial score (nSPS) is 18.7. The van der Waals surface area contributed by atoms with E-state index in [4.69, 9.17) is 12.8 Å². The van der Waals surface area contributed by atoms with Gasteiger partial charge in [-0.1, -0.05) is 24.0 Å². The van der Waals surface area contributed by atoms with Gasteiger partial charge in [0.2, 0.25) is 0 Å². The summed E-state index contributed by atoms with van der Waals surface area (Å²) in [7, 11) is 5.86. The van der Waals surface area contributed by atoms with Crippen LogP contribution in [0.1, 0.15) is 42.6 Å². The molecule has 1 aromatic carbocycles. The SMILES string of the molecule is [B]c1cnc2nc(C3(c4ccc5c(c4)CCCN5)CCC3)[nH]c2c1. The topological polar surface area (TPSA) is 53.6 Å². The summed E-state index contributed by atoms with van der Waals surface area (Å²) in [4.78, 5) is 12.6. The molecule has 1 aliphatic heterocycles. The Labute approximate surface area is 142 Å². The van der Waals surface area contributed by atoms with E-state index in [-0.39, 0.29) is 5.41 Å². The molecule has 4 nitrogen and oxygen atoms in total. The van der Waals surface area contributed by atoms with Crippen LogP contribution in [0.15, 0.2) is 30.5 Å². The zero-order valence-electron chi connectivity index (χ0n) is 13.6. The molecule has 3 aromatic rings. The summed E-state index contributed by atoms with van der Waals surface area (Å²) in [6.07, 6.45) is 7.54. The number of hydrogen-bond acceptors (Lipinski definition) is 3. The molecule has 5 rings (SSSR count). The first-order valence-corrected chi connectivity index (χ1v) is 8.74. The maximum atomic E-state index is 5.86. The van der Waals surface area contributed by atoms with Gasteiger partial charge < -0.3 is 10.3 Å². The van der Waals surface area contributed by atoms with Crippen molar-refractivity contribution in [2.75, 3.05) is 11.9 Å². The zero-order chi connectivity index (χ0) is 16.1. The van der Waals surface area contributed by atoms with Gasteiger partial charge in [-0.15, -0.1) is 0 Å². The molecular weight excluding hydrogens is 295 g/mol. The number of imidazole rings is 1. The van der Waals surface area contributed by atoms with Gasteiger partial charge in [0, 0.05) is 18.4 Å². The Morgan fingerprint density at radius 2 is 2.04 bits per heavy atom. The highest BCUT2D eigenvalue weighted by atomic mass is 15.0. The molecule has 2 aliphatic rings. The lowest BCUT2D eigenvalue weighted by Crippen LogP contribution is -2.36. The van der Waals surface area contributed by atoms with E-state index in [2.05, 4.69) is 33.5 Å². The number of aryl methyl sites for hydroxylation is 1. The van der Waals surface area contributed by atoms with Gasteiger partial charge in [0.05, 0.1) is 10.9 Å². The van der Waals surface area contributed by atoms with Crippen LogP contribution in [-0.2, 0) is 11.8 Å². The monoisotopic (exact) mass is 314 g/mol. The molecule has 2 N–H and O–H groups in total. The summed E-state index contributed by atoms with van der Waals surface area (Å²) >= 11 is 0. The van der Waals surface area contributed by atoms with Crippen LogP contribution in [-0.4, -0.2) is 29.3 Å². The number of aromatic amines is 1. The Bertz CT molecular complexity index is 926. The molecule has 2 radical (unpaired) electrons. The molecule has 0 saturated heterocycles. The van der Waals surface area contributed by atoms with E-state index in [1.165, 1.54) is 29.7 Å². The Kier molecular flexibility index (Phi) is 2.99. The van der Waals surface area contributed by atoms with Crippen molar-refractivity contribution < 1.29 is 0 Å². The summed E-state index contributed by atoms with van der Waals surface area (Å²) in [5.41, 5.74) is 6.45. The van der Waals surface area contributed by atoms with Crippen molar-refractivity contribution in [3.8, 4) is 0 Å². The van der Waals surface area contributed by atoms with Crippen molar-refractivity contribution >= 4 is 30.2 Å². The maximum Gasteiger partial charge on any atom is 0.177 e. The van der Waals surface area contributed by atoms with Gasteiger partial charge in [0.25, 0.3) is 0 Å². The number of pyridine rings is 1. The fraction of sp³-hybridized carbons (Fsp3) is 0.368. The summed E-state index contributed by atoms with van der Waals surface area (Å²) < 4.78 is 0.